The van der Waals surface area contributed by atoms with Gasteiger partial charge >= 0.3 is 18.1 Å². The molecule has 0 aromatic carbocycles. The van der Waals surface area contributed by atoms with Gasteiger partial charge in [0.25, 0.3) is 11.8 Å². The SMILES string of the molecule is O=C(O)C1=C(C[n+]2ccccc2)CS[C@H]2C(NC(=O)C(=NOC3CCCC3)c3csc(NC(=O)C(F)(F)F)n3)C(=O)N12. The molecule has 2 aliphatic heterocycles. The monoisotopic (exact) mass is 625 g/mol. The van der Waals surface area contributed by atoms with Crippen LogP contribution in [0.1, 0.15) is 31.4 Å². The number of carboxylic acid groups (broad SMARTS) is 1. The minimum atomic E-state index is -5.14. The summed E-state index contributed by atoms with van der Waals surface area (Å²) in [7, 11) is 0. The van der Waals surface area contributed by atoms with E-state index in [0.717, 1.165) is 17.7 Å². The van der Waals surface area contributed by atoms with Crippen LogP contribution in [0.4, 0.5) is 18.3 Å². The molecule has 4 heterocycles. The molecule has 1 unspecified atom stereocenters. The van der Waals surface area contributed by atoms with Gasteiger partial charge in [-0.2, -0.15) is 13.2 Å². The number of nitrogens with one attached hydrogen (secondary N) is 2. The zero-order valence-corrected chi connectivity index (χ0v) is 23.3. The highest BCUT2D eigenvalue weighted by Gasteiger charge is 2.55. The first-order chi connectivity index (χ1) is 20.0. The second kappa shape index (κ2) is 12.1. The summed E-state index contributed by atoms with van der Waals surface area (Å²) in [6.07, 6.45) is 1.35. The Labute approximate surface area is 244 Å². The average Bonchev–Trinajstić information content (AvgIpc) is 3.64. The maximum atomic E-state index is 13.3. The van der Waals surface area contributed by atoms with Gasteiger partial charge in [-0.25, -0.2) is 14.3 Å². The summed E-state index contributed by atoms with van der Waals surface area (Å²) in [4.78, 5) is 60.5. The average molecular weight is 626 g/mol. The predicted molar refractivity (Wildman–Crippen MR) is 143 cm³/mol. The van der Waals surface area contributed by atoms with E-state index in [1.807, 2.05) is 6.07 Å². The molecule has 42 heavy (non-hydrogen) atoms. The zero-order chi connectivity index (χ0) is 30.0. The van der Waals surface area contributed by atoms with E-state index in [0.29, 0.717) is 35.5 Å². The van der Waals surface area contributed by atoms with E-state index < -0.39 is 52.1 Å². The molecule has 1 aliphatic carbocycles. The Kier molecular flexibility index (Phi) is 8.49. The van der Waals surface area contributed by atoms with Gasteiger partial charge in [0.2, 0.25) is 0 Å². The first-order valence-corrected chi connectivity index (χ1v) is 14.7. The van der Waals surface area contributed by atoms with E-state index in [4.69, 9.17) is 4.84 Å². The lowest BCUT2D eigenvalue weighted by Crippen LogP contribution is -2.71. The summed E-state index contributed by atoms with van der Waals surface area (Å²) < 4.78 is 39.8. The number of anilines is 1. The number of rotatable bonds is 9. The molecule has 2 atom stereocenters. The number of aromatic nitrogens is 2. The Hall–Kier alpha value is -3.99. The number of oxime groups is 1. The second-order valence-corrected chi connectivity index (χ2v) is 11.6. The van der Waals surface area contributed by atoms with E-state index in [-0.39, 0.29) is 24.0 Å². The number of carbonyl (C=O) groups is 4. The molecule has 3 aliphatic rings. The van der Waals surface area contributed by atoms with Gasteiger partial charge in [-0.05, 0) is 25.7 Å². The Balaban J connectivity index is 1.34. The van der Waals surface area contributed by atoms with Crippen molar-refractivity contribution in [1.82, 2.24) is 15.2 Å². The number of alkyl halides is 3. The lowest BCUT2D eigenvalue weighted by Gasteiger charge is -2.49. The number of carboxylic acids is 1. The van der Waals surface area contributed by atoms with Crippen LogP contribution in [0.5, 0.6) is 0 Å². The van der Waals surface area contributed by atoms with Gasteiger partial charge in [-0.3, -0.25) is 24.6 Å². The first kappa shape index (κ1) is 29.5. The molecule has 17 heteroatoms. The number of thioether (sulfide) groups is 1. The Bertz CT molecular complexity index is 1460. The summed E-state index contributed by atoms with van der Waals surface area (Å²) in [6, 6.07) is 4.32. The molecular weight excluding hydrogens is 601 g/mol. The van der Waals surface area contributed by atoms with Crippen molar-refractivity contribution in [2.45, 2.75) is 55.9 Å². The number of carbonyl (C=O) groups excluding carboxylic acids is 3. The van der Waals surface area contributed by atoms with Crippen molar-refractivity contribution in [3.63, 3.8) is 0 Å². The molecule has 12 nitrogen and oxygen atoms in total. The van der Waals surface area contributed by atoms with Crippen LogP contribution in [-0.2, 0) is 30.6 Å². The van der Waals surface area contributed by atoms with Crippen LogP contribution in [0.25, 0.3) is 0 Å². The van der Waals surface area contributed by atoms with Gasteiger partial charge < -0.3 is 15.3 Å². The lowest BCUT2D eigenvalue weighted by atomic mass is 10.0. The van der Waals surface area contributed by atoms with Crippen LogP contribution in [0.2, 0.25) is 0 Å². The highest BCUT2D eigenvalue weighted by Crippen LogP contribution is 2.40. The van der Waals surface area contributed by atoms with Crippen molar-refractivity contribution in [1.29, 1.82) is 0 Å². The van der Waals surface area contributed by atoms with Gasteiger partial charge in [-0.15, -0.1) is 23.1 Å². The quantitative estimate of drug-likeness (QED) is 0.166. The standard InChI is InChI=1S/C25H23F3N6O6S2/c26-25(27,28)23(39)31-24-29-15(12-42-24)16(32-40-14-6-2-3-7-14)19(35)30-17-20(36)34-18(22(37)38)13(11-41-21(17)34)10-33-8-4-1-5-9-33/h1,4-5,8-9,12,14,17,21H,2-3,6-7,10-11H2,(H2-,29,30,31,35,37,38,39)/p+1/t17?,21-/m0/s1. The lowest BCUT2D eigenvalue weighted by molar-refractivity contribution is -0.689. The van der Waals surface area contributed by atoms with Gasteiger partial charge in [0.05, 0.1) is 0 Å². The third-order valence-electron chi connectivity index (χ3n) is 6.72. The normalized spacial score (nSPS) is 21.1. The number of nitrogens with zero attached hydrogens (tertiary/aromatic N) is 4. The van der Waals surface area contributed by atoms with E-state index in [1.165, 1.54) is 17.1 Å². The first-order valence-electron chi connectivity index (χ1n) is 12.8. The minimum Gasteiger partial charge on any atom is -0.477 e. The van der Waals surface area contributed by atoms with Gasteiger partial charge in [0, 0.05) is 28.8 Å². The van der Waals surface area contributed by atoms with Gasteiger partial charge in [0.15, 0.2) is 29.8 Å². The molecule has 0 radical (unpaired) electrons. The fourth-order valence-electron chi connectivity index (χ4n) is 4.71. The molecule has 2 fully saturated rings. The third kappa shape index (κ3) is 6.25. The number of β-lactam (4-membered cyclic amide) rings is 1. The molecule has 3 N–H and O–H groups in total. The van der Waals surface area contributed by atoms with Crippen LogP contribution < -0.4 is 15.2 Å². The number of halogens is 3. The second-order valence-electron chi connectivity index (χ2n) is 9.61. The van der Waals surface area contributed by atoms with E-state index in [2.05, 4.69) is 15.5 Å². The van der Waals surface area contributed by atoms with Crippen molar-refractivity contribution in [2.24, 2.45) is 5.16 Å². The zero-order valence-electron chi connectivity index (χ0n) is 21.7. The largest absolute Gasteiger partial charge is 0.477 e. The summed E-state index contributed by atoms with van der Waals surface area (Å²) in [5.41, 5.74) is -0.177. The third-order valence-corrected chi connectivity index (χ3v) is 8.82. The molecule has 1 saturated heterocycles. The molecule has 2 aromatic rings. The maximum absolute atomic E-state index is 13.3. The van der Waals surface area contributed by atoms with Crippen LogP contribution >= 0.6 is 23.1 Å². The Morgan fingerprint density at radius 2 is 1.90 bits per heavy atom. The van der Waals surface area contributed by atoms with Crippen molar-refractivity contribution >= 4 is 57.6 Å². The van der Waals surface area contributed by atoms with E-state index in [9.17, 15) is 37.5 Å². The van der Waals surface area contributed by atoms with Crippen LogP contribution in [-0.4, -0.2) is 73.8 Å². The van der Waals surface area contributed by atoms with Crippen LogP contribution in [0, 0.1) is 0 Å². The van der Waals surface area contributed by atoms with Crippen molar-refractivity contribution in [3.05, 3.63) is 52.9 Å². The number of pyridine rings is 1. The fourth-order valence-corrected chi connectivity index (χ4v) is 6.73. The molecular formula is C25H24F3N6O6S2+. The van der Waals surface area contributed by atoms with Gasteiger partial charge in [-0.1, -0.05) is 11.2 Å². The number of aliphatic carboxylic acids is 1. The Morgan fingerprint density at radius 1 is 1.19 bits per heavy atom. The molecule has 0 bridgehead atoms. The highest BCUT2D eigenvalue weighted by atomic mass is 32.2. The summed E-state index contributed by atoms with van der Waals surface area (Å²) in [5.74, 6) is -4.73. The van der Waals surface area contributed by atoms with Crippen LogP contribution in [0.15, 0.2) is 52.4 Å². The number of hydrogen-bond donors (Lipinski definition) is 3. The molecule has 0 spiro atoms. The van der Waals surface area contributed by atoms with Crippen molar-refractivity contribution in [2.75, 3.05) is 11.1 Å². The summed E-state index contributed by atoms with van der Waals surface area (Å²) >= 11 is 1.93. The van der Waals surface area contributed by atoms with Crippen molar-refractivity contribution < 1.29 is 46.9 Å². The van der Waals surface area contributed by atoms with Crippen molar-refractivity contribution in [3.8, 4) is 0 Å². The molecule has 5 rings (SSSR count). The number of fused-ring (bicyclic) bond motifs is 1. The number of amides is 3. The summed E-state index contributed by atoms with van der Waals surface area (Å²) in [5, 5.41) is 18.1. The molecule has 222 valence electrons. The minimum absolute atomic E-state index is 0.145. The predicted octanol–water partition coefficient (Wildman–Crippen LogP) is 2.03. The fraction of sp³-hybridized carbons (Fsp3) is 0.400. The molecule has 2 aromatic heterocycles. The maximum Gasteiger partial charge on any atom is 0.471 e. The molecule has 1 saturated carbocycles. The highest BCUT2D eigenvalue weighted by molar-refractivity contribution is 8.00. The summed E-state index contributed by atoms with van der Waals surface area (Å²) in [6.45, 7) is 0.259. The topological polar surface area (TPSA) is 154 Å². The number of thiazole rings is 1. The van der Waals surface area contributed by atoms with Gasteiger partial charge in [0.1, 0.15) is 28.9 Å². The van der Waals surface area contributed by atoms with Crippen LogP contribution in [0.3, 0.4) is 0 Å². The number of hydrogen-bond acceptors (Lipinski definition) is 9. The smallest absolute Gasteiger partial charge is 0.471 e. The van der Waals surface area contributed by atoms with E-state index >= 15 is 0 Å². The Morgan fingerprint density at radius 3 is 2.57 bits per heavy atom. The van der Waals surface area contributed by atoms with E-state index in [1.54, 1.807) is 34.4 Å². The molecule has 3 amide bonds.